The maximum atomic E-state index is 4.97. The summed E-state index contributed by atoms with van der Waals surface area (Å²) in [5, 5.41) is 8.03. The highest BCUT2D eigenvalue weighted by molar-refractivity contribution is 9.11. The second-order valence-electron chi connectivity index (χ2n) is 8.15. The molecular formula is C24H24Br2N6. The van der Waals surface area contributed by atoms with E-state index in [2.05, 4.69) is 88.6 Å². The van der Waals surface area contributed by atoms with Crippen molar-refractivity contribution in [2.24, 2.45) is 0 Å². The number of piperidine rings is 1. The summed E-state index contributed by atoms with van der Waals surface area (Å²) in [6.45, 7) is 3.80. The zero-order valence-electron chi connectivity index (χ0n) is 17.6. The Balaban J connectivity index is 1.32. The molecule has 1 aromatic carbocycles. The number of likely N-dealkylation sites (tertiary alicyclic amines) is 1. The fraction of sp³-hybridized carbons (Fsp3) is 0.292. The largest absolute Gasteiger partial charge is 0.366 e. The predicted octanol–water partition coefficient (Wildman–Crippen LogP) is 5.64. The normalized spacial score (nSPS) is 15.3. The highest BCUT2D eigenvalue weighted by Gasteiger charge is 2.24. The minimum absolute atomic E-state index is 0.441. The van der Waals surface area contributed by atoms with Gasteiger partial charge in [-0.2, -0.15) is 9.61 Å². The maximum Gasteiger partial charge on any atom is 0.171 e. The van der Waals surface area contributed by atoms with Gasteiger partial charge in [0.1, 0.15) is 5.82 Å². The van der Waals surface area contributed by atoms with E-state index in [0.29, 0.717) is 12.5 Å². The molecule has 6 nitrogen and oxygen atoms in total. The third-order valence-corrected chi connectivity index (χ3v) is 7.34. The number of benzene rings is 1. The molecule has 0 radical (unpaired) electrons. The SMILES string of the molecule is Brc1ccccc1CN1CCC(c2cc(NCc3cccnc3)n3ncc(Br)c3n2)CC1. The Morgan fingerprint density at radius 2 is 1.84 bits per heavy atom. The number of pyridine rings is 1. The Hall–Kier alpha value is -2.29. The Morgan fingerprint density at radius 3 is 2.62 bits per heavy atom. The maximum absolute atomic E-state index is 4.97. The average Bonchev–Trinajstić information content (AvgIpc) is 3.21. The minimum Gasteiger partial charge on any atom is -0.366 e. The predicted molar refractivity (Wildman–Crippen MR) is 134 cm³/mol. The molecule has 8 heteroatoms. The van der Waals surface area contributed by atoms with Gasteiger partial charge >= 0.3 is 0 Å². The van der Waals surface area contributed by atoms with Crippen LogP contribution in [0.2, 0.25) is 0 Å². The molecule has 0 aliphatic carbocycles. The van der Waals surface area contributed by atoms with E-state index in [0.717, 1.165) is 59.7 Å². The molecule has 32 heavy (non-hydrogen) atoms. The van der Waals surface area contributed by atoms with Crippen molar-refractivity contribution in [2.75, 3.05) is 18.4 Å². The number of halogens is 2. The van der Waals surface area contributed by atoms with E-state index in [1.807, 2.05) is 23.0 Å². The third-order valence-electron chi connectivity index (χ3n) is 6.00. The smallest absolute Gasteiger partial charge is 0.171 e. The van der Waals surface area contributed by atoms with Crippen LogP contribution in [0.3, 0.4) is 0 Å². The lowest BCUT2D eigenvalue weighted by Crippen LogP contribution is -2.32. The molecule has 0 spiro atoms. The summed E-state index contributed by atoms with van der Waals surface area (Å²) in [5.74, 6) is 1.39. The molecule has 1 N–H and O–H groups in total. The van der Waals surface area contributed by atoms with Gasteiger partial charge in [0, 0.05) is 47.6 Å². The number of rotatable bonds is 6. The van der Waals surface area contributed by atoms with Crippen LogP contribution in [0, 0.1) is 0 Å². The van der Waals surface area contributed by atoms with Crippen LogP contribution in [0.25, 0.3) is 5.65 Å². The molecule has 0 amide bonds. The van der Waals surface area contributed by atoms with Crippen LogP contribution in [0.15, 0.2) is 70.0 Å². The molecule has 4 aromatic rings. The van der Waals surface area contributed by atoms with Gasteiger partial charge in [0.2, 0.25) is 0 Å². The third kappa shape index (κ3) is 4.72. The van der Waals surface area contributed by atoms with Gasteiger partial charge in [-0.25, -0.2) is 4.98 Å². The summed E-state index contributed by atoms with van der Waals surface area (Å²) >= 11 is 7.29. The first-order valence-corrected chi connectivity index (χ1v) is 12.4. The van der Waals surface area contributed by atoms with Crippen LogP contribution in [-0.4, -0.2) is 37.6 Å². The second-order valence-corrected chi connectivity index (χ2v) is 9.86. The molecule has 0 atom stereocenters. The summed E-state index contributed by atoms with van der Waals surface area (Å²) in [7, 11) is 0. The first-order valence-electron chi connectivity index (χ1n) is 10.8. The molecular weight excluding hydrogens is 532 g/mol. The minimum atomic E-state index is 0.441. The van der Waals surface area contributed by atoms with Gasteiger partial charge in [-0.15, -0.1) is 0 Å². The fourth-order valence-electron chi connectivity index (χ4n) is 4.24. The Kier molecular flexibility index (Phi) is 6.52. The van der Waals surface area contributed by atoms with Crippen LogP contribution in [0.1, 0.15) is 35.6 Å². The number of nitrogens with one attached hydrogen (secondary N) is 1. The van der Waals surface area contributed by atoms with Crippen molar-refractivity contribution in [1.29, 1.82) is 0 Å². The Morgan fingerprint density at radius 1 is 1.00 bits per heavy atom. The van der Waals surface area contributed by atoms with E-state index in [1.165, 1.54) is 10.0 Å². The summed E-state index contributed by atoms with van der Waals surface area (Å²) in [6.07, 6.45) is 7.68. The average molecular weight is 556 g/mol. The van der Waals surface area contributed by atoms with Crippen molar-refractivity contribution >= 4 is 43.3 Å². The highest BCUT2D eigenvalue weighted by Crippen LogP contribution is 2.31. The molecule has 1 aliphatic rings. The van der Waals surface area contributed by atoms with Crippen LogP contribution >= 0.6 is 31.9 Å². The molecule has 0 bridgehead atoms. The molecule has 1 fully saturated rings. The van der Waals surface area contributed by atoms with E-state index < -0.39 is 0 Å². The second kappa shape index (κ2) is 9.68. The van der Waals surface area contributed by atoms with Gasteiger partial charge < -0.3 is 5.32 Å². The van der Waals surface area contributed by atoms with Crippen molar-refractivity contribution in [3.8, 4) is 0 Å². The molecule has 4 heterocycles. The summed E-state index contributed by atoms with van der Waals surface area (Å²) in [6, 6.07) is 14.7. The molecule has 0 unspecified atom stereocenters. The van der Waals surface area contributed by atoms with E-state index in [1.54, 1.807) is 6.20 Å². The number of hydrogen-bond acceptors (Lipinski definition) is 5. The summed E-state index contributed by atoms with van der Waals surface area (Å²) in [4.78, 5) is 11.7. The summed E-state index contributed by atoms with van der Waals surface area (Å²) < 4.78 is 3.96. The summed E-state index contributed by atoms with van der Waals surface area (Å²) in [5.41, 5.74) is 4.46. The lowest BCUT2D eigenvalue weighted by atomic mass is 9.93. The van der Waals surface area contributed by atoms with Crippen molar-refractivity contribution in [3.63, 3.8) is 0 Å². The van der Waals surface area contributed by atoms with Gasteiger partial charge in [0.05, 0.1) is 10.7 Å². The molecule has 5 rings (SSSR count). The van der Waals surface area contributed by atoms with Gasteiger partial charge in [0.15, 0.2) is 5.65 Å². The Bertz CT molecular complexity index is 1200. The van der Waals surface area contributed by atoms with Gasteiger partial charge in [-0.1, -0.05) is 40.2 Å². The lowest BCUT2D eigenvalue weighted by molar-refractivity contribution is 0.203. The molecule has 1 aliphatic heterocycles. The number of nitrogens with zero attached hydrogens (tertiary/aromatic N) is 5. The van der Waals surface area contributed by atoms with Gasteiger partial charge in [-0.05, 0) is 65.1 Å². The van der Waals surface area contributed by atoms with Crippen LogP contribution in [0.4, 0.5) is 5.82 Å². The highest BCUT2D eigenvalue weighted by atomic mass is 79.9. The van der Waals surface area contributed by atoms with Crippen LogP contribution < -0.4 is 5.32 Å². The lowest BCUT2D eigenvalue weighted by Gasteiger charge is -2.32. The quantitative estimate of drug-likeness (QED) is 0.333. The monoisotopic (exact) mass is 554 g/mol. The van der Waals surface area contributed by atoms with Gasteiger partial charge in [-0.3, -0.25) is 9.88 Å². The number of fused-ring (bicyclic) bond motifs is 1. The number of aromatic nitrogens is 4. The molecule has 3 aromatic heterocycles. The van der Waals surface area contributed by atoms with E-state index in [4.69, 9.17) is 4.98 Å². The van der Waals surface area contributed by atoms with Gasteiger partial charge in [0.25, 0.3) is 0 Å². The molecule has 1 saturated heterocycles. The van der Waals surface area contributed by atoms with Crippen molar-refractivity contribution < 1.29 is 0 Å². The topological polar surface area (TPSA) is 58.4 Å². The standard InChI is InChI=1S/C24H24Br2N6/c25-20-6-2-1-5-19(20)16-31-10-7-18(8-11-31)22-12-23(28-14-17-4-3-9-27-13-17)32-24(30-22)21(26)15-29-32/h1-6,9,12-13,15,18,28H,7-8,10-11,14,16H2. The fourth-order valence-corrected chi connectivity index (χ4v) is 5.00. The molecule has 164 valence electrons. The number of anilines is 1. The van der Waals surface area contributed by atoms with Crippen LogP contribution in [0.5, 0.6) is 0 Å². The first kappa shape index (κ1) is 21.6. The Labute approximate surface area is 204 Å². The van der Waals surface area contributed by atoms with Crippen molar-refractivity contribution in [2.45, 2.75) is 31.8 Å². The zero-order chi connectivity index (χ0) is 21.9. The first-order chi connectivity index (χ1) is 15.7. The zero-order valence-corrected chi connectivity index (χ0v) is 20.8. The van der Waals surface area contributed by atoms with E-state index >= 15 is 0 Å². The molecule has 0 saturated carbocycles. The van der Waals surface area contributed by atoms with Crippen LogP contribution in [-0.2, 0) is 13.1 Å². The van der Waals surface area contributed by atoms with E-state index in [9.17, 15) is 0 Å². The van der Waals surface area contributed by atoms with Crippen molar-refractivity contribution in [1.82, 2.24) is 24.5 Å². The van der Waals surface area contributed by atoms with E-state index in [-0.39, 0.29) is 0 Å². The van der Waals surface area contributed by atoms with Crippen molar-refractivity contribution in [3.05, 3.63) is 86.8 Å². The number of hydrogen-bond donors (Lipinski definition) is 1.